The topological polar surface area (TPSA) is 9.23 Å². The highest BCUT2D eigenvalue weighted by molar-refractivity contribution is 7.19. The van der Waals surface area contributed by atoms with E-state index in [-0.39, 0.29) is 13.5 Å². The lowest BCUT2D eigenvalue weighted by Crippen LogP contribution is -2.11. The Morgan fingerprint density at radius 3 is 3.00 bits per heavy atom. The maximum atomic E-state index is 5.67. The zero-order valence-corrected chi connectivity index (χ0v) is 9.86. The van der Waals surface area contributed by atoms with Gasteiger partial charge in [0.25, 0.3) is 0 Å². The van der Waals surface area contributed by atoms with Crippen LogP contribution in [0.1, 0.15) is 36.5 Å². The van der Waals surface area contributed by atoms with Crippen LogP contribution in [0, 0.1) is 6.92 Å². The van der Waals surface area contributed by atoms with Gasteiger partial charge in [0.2, 0.25) is 0 Å². The Morgan fingerprint density at radius 1 is 1.38 bits per heavy atom. The Kier molecular flexibility index (Phi) is 3.04. The molecule has 1 aliphatic heterocycles. The third kappa shape index (κ3) is 1.66. The number of fused-ring (bicyclic) bond motifs is 3. The molecule has 0 radical (unpaired) electrons. The molecule has 3 rings (SSSR count). The van der Waals surface area contributed by atoms with Crippen LogP contribution < -0.4 is 0 Å². The van der Waals surface area contributed by atoms with Crippen LogP contribution in [0.15, 0.2) is 18.2 Å². The van der Waals surface area contributed by atoms with Gasteiger partial charge in [-0.05, 0) is 42.8 Å². The van der Waals surface area contributed by atoms with Crippen molar-refractivity contribution in [3.05, 3.63) is 34.2 Å². The number of hydrogen-bond donors (Lipinski definition) is 0. The van der Waals surface area contributed by atoms with Crippen LogP contribution in [0.25, 0.3) is 10.1 Å². The molecule has 0 spiro atoms. The fourth-order valence-corrected chi connectivity index (χ4v) is 3.63. The Hall–Kier alpha value is -0.860. The van der Waals surface area contributed by atoms with E-state index in [0.29, 0.717) is 0 Å². The summed E-state index contributed by atoms with van der Waals surface area (Å²) in [7, 11) is 0. The van der Waals surface area contributed by atoms with E-state index in [2.05, 4.69) is 32.0 Å². The SMILES string of the molecule is C.Cc1ccc2c3c(sc2c1)C(C)OCC3. The van der Waals surface area contributed by atoms with E-state index < -0.39 is 0 Å². The average molecular weight is 234 g/mol. The van der Waals surface area contributed by atoms with Crippen molar-refractivity contribution in [1.29, 1.82) is 0 Å². The molecular weight excluding hydrogens is 216 g/mol. The molecule has 1 atom stereocenters. The standard InChI is InChI=1S/C13H14OS.CH4/c1-8-3-4-10-11-5-6-14-9(2)13(11)15-12(10)7-8;/h3-4,7,9H,5-6H2,1-2H3;1H4. The van der Waals surface area contributed by atoms with Crippen LogP contribution in [-0.4, -0.2) is 6.61 Å². The molecule has 2 heteroatoms. The van der Waals surface area contributed by atoms with Gasteiger partial charge in [0.05, 0.1) is 12.7 Å². The minimum absolute atomic E-state index is 0. The van der Waals surface area contributed by atoms with Gasteiger partial charge in [-0.3, -0.25) is 0 Å². The Morgan fingerprint density at radius 2 is 2.19 bits per heavy atom. The summed E-state index contributed by atoms with van der Waals surface area (Å²) in [6, 6.07) is 6.75. The van der Waals surface area contributed by atoms with Crippen LogP contribution >= 0.6 is 11.3 Å². The highest BCUT2D eigenvalue weighted by Gasteiger charge is 2.21. The second-order valence-electron chi connectivity index (χ2n) is 4.21. The van der Waals surface area contributed by atoms with Crippen LogP contribution in [-0.2, 0) is 11.2 Å². The van der Waals surface area contributed by atoms with Gasteiger partial charge in [-0.1, -0.05) is 19.6 Å². The first-order valence-electron chi connectivity index (χ1n) is 5.39. The Bertz CT molecular complexity index is 513. The lowest BCUT2D eigenvalue weighted by atomic mass is 10.0. The predicted octanol–water partition coefficient (Wildman–Crippen LogP) is 4.48. The number of thiophene rings is 1. The second kappa shape index (κ2) is 4.19. The summed E-state index contributed by atoms with van der Waals surface area (Å²) < 4.78 is 7.09. The van der Waals surface area contributed by atoms with Crippen LogP contribution in [0.5, 0.6) is 0 Å². The summed E-state index contributed by atoms with van der Waals surface area (Å²) in [4.78, 5) is 1.43. The molecule has 1 nitrogen and oxygen atoms in total. The molecule has 0 amide bonds. The summed E-state index contributed by atoms with van der Waals surface area (Å²) in [5.41, 5.74) is 2.86. The molecule has 0 N–H and O–H groups in total. The smallest absolute Gasteiger partial charge is 0.0892 e. The fraction of sp³-hybridized carbons (Fsp3) is 0.429. The molecule has 1 aliphatic rings. The lowest BCUT2D eigenvalue weighted by Gasteiger charge is -2.19. The summed E-state index contributed by atoms with van der Waals surface area (Å²) in [6.07, 6.45) is 1.36. The van der Waals surface area contributed by atoms with E-state index in [9.17, 15) is 0 Å². The first kappa shape index (κ1) is 11.6. The van der Waals surface area contributed by atoms with Crippen molar-refractivity contribution in [3.8, 4) is 0 Å². The summed E-state index contributed by atoms with van der Waals surface area (Å²) in [5, 5.41) is 1.44. The molecule has 86 valence electrons. The van der Waals surface area contributed by atoms with Crippen molar-refractivity contribution in [2.45, 2.75) is 33.8 Å². The second-order valence-corrected chi connectivity index (χ2v) is 5.29. The quantitative estimate of drug-likeness (QED) is 0.653. The summed E-state index contributed by atoms with van der Waals surface area (Å²) in [5.74, 6) is 0. The van der Waals surface area contributed by atoms with Crippen LogP contribution in [0.4, 0.5) is 0 Å². The zero-order chi connectivity index (χ0) is 10.4. The molecule has 16 heavy (non-hydrogen) atoms. The highest BCUT2D eigenvalue weighted by Crippen LogP contribution is 2.39. The molecule has 0 aliphatic carbocycles. The first-order valence-corrected chi connectivity index (χ1v) is 6.21. The highest BCUT2D eigenvalue weighted by atomic mass is 32.1. The van der Waals surface area contributed by atoms with Gasteiger partial charge in [0, 0.05) is 9.58 Å². The third-order valence-electron chi connectivity index (χ3n) is 3.07. The summed E-state index contributed by atoms with van der Waals surface area (Å²) in [6.45, 7) is 5.17. The van der Waals surface area contributed by atoms with Gasteiger partial charge >= 0.3 is 0 Å². The molecule has 0 fully saturated rings. The first-order chi connectivity index (χ1) is 7.25. The van der Waals surface area contributed by atoms with Crippen molar-refractivity contribution < 1.29 is 4.74 Å². The Balaban J connectivity index is 0.000000963. The van der Waals surface area contributed by atoms with Crippen molar-refractivity contribution in [2.24, 2.45) is 0 Å². The van der Waals surface area contributed by atoms with E-state index >= 15 is 0 Å². The van der Waals surface area contributed by atoms with Crippen molar-refractivity contribution in [1.82, 2.24) is 0 Å². The van der Waals surface area contributed by atoms with E-state index in [0.717, 1.165) is 13.0 Å². The van der Waals surface area contributed by atoms with Gasteiger partial charge in [0.15, 0.2) is 0 Å². The number of hydrogen-bond acceptors (Lipinski definition) is 2. The average Bonchev–Trinajstić information content (AvgIpc) is 2.57. The minimum Gasteiger partial charge on any atom is -0.373 e. The van der Waals surface area contributed by atoms with Crippen molar-refractivity contribution in [3.63, 3.8) is 0 Å². The fourth-order valence-electron chi connectivity index (χ4n) is 2.28. The van der Waals surface area contributed by atoms with E-state index in [1.807, 2.05) is 11.3 Å². The maximum Gasteiger partial charge on any atom is 0.0892 e. The van der Waals surface area contributed by atoms with Gasteiger partial charge in [-0.15, -0.1) is 11.3 Å². The minimum atomic E-state index is 0. The molecular formula is C14H18OS. The number of benzene rings is 1. The van der Waals surface area contributed by atoms with Gasteiger partial charge in [-0.25, -0.2) is 0 Å². The number of rotatable bonds is 0. The van der Waals surface area contributed by atoms with Gasteiger partial charge in [0.1, 0.15) is 0 Å². The molecule has 0 bridgehead atoms. The Labute approximate surface area is 101 Å². The van der Waals surface area contributed by atoms with Crippen molar-refractivity contribution in [2.75, 3.05) is 6.61 Å². The summed E-state index contributed by atoms with van der Waals surface area (Å²) >= 11 is 1.90. The third-order valence-corrected chi connectivity index (χ3v) is 4.42. The normalized spacial score (nSPS) is 19.2. The zero-order valence-electron chi connectivity index (χ0n) is 9.04. The van der Waals surface area contributed by atoms with E-state index in [1.54, 1.807) is 0 Å². The van der Waals surface area contributed by atoms with E-state index in [4.69, 9.17) is 4.74 Å². The van der Waals surface area contributed by atoms with Crippen LogP contribution in [0.2, 0.25) is 0 Å². The molecule has 1 aromatic heterocycles. The predicted molar refractivity (Wildman–Crippen MR) is 71.4 cm³/mol. The molecule has 1 unspecified atom stereocenters. The maximum absolute atomic E-state index is 5.67. The molecule has 0 saturated heterocycles. The van der Waals surface area contributed by atoms with Crippen molar-refractivity contribution >= 4 is 21.4 Å². The molecule has 2 heterocycles. The lowest BCUT2D eigenvalue weighted by molar-refractivity contribution is 0.0589. The number of aryl methyl sites for hydroxylation is 1. The molecule has 0 saturated carbocycles. The van der Waals surface area contributed by atoms with E-state index in [1.165, 1.54) is 26.1 Å². The van der Waals surface area contributed by atoms with Gasteiger partial charge < -0.3 is 4.74 Å². The molecule has 2 aromatic rings. The monoisotopic (exact) mass is 234 g/mol. The largest absolute Gasteiger partial charge is 0.373 e. The number of ether oxygens (including phenoxy) is 1. The molecule has 1 aromatic carbocycles. The van der Waals surface area contributed by atoms with Crippen LogP contribution in [0.3, 0.4) is 0 Å². The van der Waals surface area contributed by atoms with Gasteiger partial charge in [-0.2, -0.15) is 0 Å².